The first-order valence-electron chi connectivity index (χ1n) is 6.15. The lowest BCUT2D eigenvalue weighted by molar-refractivity contribution is 0.0739. The van der Waals surface area contributed by atoms with E-state index in [-0.39, 0.29) is 17.6 Å². The van der Waals surface area contributed by atoms with Gasteiger partial charge in [-0.3, -0.25) is 15.3 Å². The van der Waals surface area contributed by atoms with Crippen molar-refractivity contribution < 1.29 is 4.79 Å². The summed E-state index contributed by atoms with van der Waals surface area (Å²) in [6.07, 6.45) is 3.50. The van der Waals surface area contributed by atoms with Gasteiger partial charge in [0.15, 0.2) is 0 Å². The van der Waals surface area contributed by atoms with Crippen LogP contribution in [0.5, 0.6) is 0 Å². The number of hydrazine groups is 1. The lowest BCUT2D eigenvalue weighted by Crippen LogP contribution is -2.45. The molecule has 1 saturated heterocycles. The van der Waals surface area contributed by atoms with Gasteiger partial charge in [-0.15, -0.1) is 5.10 Å². The summed E-state index contributed by atoms with van der Waals surface area (Å²) >= 11 is 0. The number of nitrogens with zero attached hydrogens (tertiary/aromatic N) is 3. The quantitative estimate of drug-likeness (QED) is 0.824. The third kappa shape index (κ3) is 3.03. The molecular weight excluding hydrogens is 218 g/mol. The maximum Gasteiger partial charge on any atom is 0.305 e. The van der Waals surface area contributed by atoms with Crippen LogP contribution in [0, 0.1) is 0 Å². The van der Waals surface area contributed by atoms with Crippen LogP contribution in [0.2, 0.25) is 0 Å². The van der Waals surface area contributed by atoms with E-state index in [1.807, 2.05) is 18.9 Å². The number of H-pyrrole nitrogens is 1. The van der Waals surface area contributed by atoms with Gasteiger partial charge < -0.3 is 0 Å². The molecule has 1 aliphatic heterocycles. The van der Waals surface area contributed by atoms with Crippen molar-refractivity contribution in [2.75, 3.05) is 13.1 Å². The summed E-state index contributed by atoms with van der Waals surface area (Å²) in [5, 5.41) is 8.65. The van der Waals surface area contributed by atoms with Crippen LogP contribution in [0.1, 0.15) is 55.5 Å². The topological polar surface area (TPSA) is 73.9 Å². The summed E-state index contributed by atoms with van der Waals surface area (Å²) in [5.41, 5.74) is 2.84. The van der Waals surface area contributed by atoms with Crippen LogP contribution in [0.3, 0.4) is 0 Å². The first kappa shape index (κ1) is 12.0. The zero-order chi connectivity index (χ0) is 12.3. The van der Waals surface area contributed by atoms with E-state index in [4.69, 9.17) is 0 Å². The van der Waals surface area contributed by atoms with E-state index in [9.17, 15) is 4.79 Å². The van der Waals surface area contributed by atoms with E-state index in [1.165, 1.54) is 6.42 Å². The Labute approximate surface area is 101 Å². The van der Waals surface area contributed by atoms with E-state index in [0.717, 1.165) is 31.8 Å². The van der Waals surface area contributed by atoms with Gasteiger partial charge in [0.2, 0.25) is 5.82 Å². The van der Waals surface area contributed by atoms with Gasteiger partial charge in [0.25, 0.3) is 0 Å². The molecule has 2 heterocycles. The second-order valence-electron chi connectivity index (χ2n) is 4.69. The number of aromatic amines is 1. The van der Waals surface area contributed by atoms with Gasteiger partial charge in [-0.1, -0.05) is 20.3 Å². The second kappa shape index (κ2) is 5.27. The lowest BCUT2D eigenvalue weighted by atomic mass is 10.2. The molecular formula is C11H19N5O. The molecule has 0 spiro atoms. The van der Waals surface area contributed by atoms with E-state index in [2.05, 4.69) is 20.6 Å². The maximum atomic E-state index is 11.9. The number of hydrogen-bond donors (Lipinski definition) is 2. The Morgan fingerprint density at radius 1 is 1.35 bits per heavy atom. The van der Waals surface area contributed by atoms with Gasteiger partial charge in [0.05, 0.1) is 0 Å². The van der Waals surface area contributed by atoms with E-state index in [0.29, 0.717) is 0 Å². The molecule has 0 unspecified atom stereocenters. The van der Waals surface area contributed by atoms with Gasteiger partial charge in [-0.05, 0) is 12.8 Å². The van der Waals surface area contributed by atoms with Gasteiger partial charge in [-0.25, -0.2) is 9.99 Å². The molecule has 94 valence electrons. The predicted octanol–water partition coefficient (Wildman–Crippen LogP) is 1.06. The molecule has 0 bridgehead atoms. The van der Waals surface area contributed by atoms with Gasteiger partial charge >= 0.3 is 5.91 Å². The first-order chi connectivity index (χ1) is 8.16. The van der Waals surface area contributed by atoms with Crippen molar-refractivity contribution in [2.24, 2.45) is 0 Å². The molecule has 1 fully saturated rings. The molecule has 0 aromatic carbocycles. The predicted molar refractivity (Wildman–Crippen MR) is 63.4 cm³/mol. The van der Waals surface area contributed by atoms with Crippen molar-refractivity contribution in [3.63, 3.8) is 0 Å². The maximum absolute atomic E-state index is 11.9. The molecule has 0 atom stereocenters. The molecule has 1 aromatic heterocycles. The Morgan fingerprint density at radius 3 is 2.65 bits per heavy atom. The van der Waals surface area contributed by atoms with Crippen LogP contribution in [0.15, 0.2) is 0 Å². The largest absolute Gasteiger partial charge is 0.305 e. The van der Waals surface area contributed by atoms with E-state index < -0.39 is 0 Å². The fourth-order valence-electron chi connectivity index (χ4n) is 1.83. The molecule has 0 radical (unpaired) electrons. The fraction of sp³-hybridized carbons (Fsp3) is 0.727. The summed E-state index contributed by atoms with van der Waals surface area (Å²) in [4.78, 5) is 16.0. The molecule has 1 amide bonds. The fourth-order valence-corrected chi connectivity index (χ4v) is 1.83. The number of hydrogen-bond acceptors (Lipinski definition) is 4. The molecule has 17 heavy (non-hydrogen) atoms. The van der Waals surface area contributed by atoms with Crippen molar-refractivity contribution in [3.05, 3.63) is 11.6 Å². The Kier molecular flexibility index (Phi) is 3.73. The SMILES string of the molecule is CC(C)c1nc(C(=O)NN2CCCCC2)n[nH]1. The number of amides is 1. The molecule has 2 N–H and O–H groups in total. The number of rotatable bonds is 3. The number of piperidine rings is 1. The zero-order valence-electron chi connectivity index (χ0n) is 10.4. The highest BCUT2D eigenvalue weighted by Gasteiger charge is 2.18. The number of aromatic nitrogens is 3. The lowest BCUT2D eigenvalue weighted by Gasteiger charge is -2.26. The molecule has 0 saturated carbocycles. The zero-order valence-corrected chi connectivity index (χ0v) is 10.4. The first-order valence-corrected chi connectivity index (χ1v) is 6.15. The summed E-state index contributed by atoms with van der Waals surface area (Å²) < 4.78 is 0. The minimum atomic E-state index is -0.227. The minimum Gasteiger partial charge on any atom is -0.282 e. The van der Waals surface area contributed by atoms with Crippen LogP contribution in [-0.2, 0) is 0 Å². The Hall–Kier alpha value is -1.43. The van der Waals surface area contributed by atoms with Gasteiger partial charge in [0, 0.05) is 19.0 Å². The highest BCUT2D eigenvalue weighted by molar-refractivity contribution is 5.89. The molecule has 1 aliphatic rings. The summed E-state index contributed by atoms with van der Waals surface area (Å²) in [6.45, 7) is 5.83. The van der Waals surface area contributed by atoms with E-state index >= 15 is 0 Å². The Bertz CT molecular complexity index is 381. The average Bonchev–Trinajstić information content (AvgIpc) is 2.79. The third-order valence-corrected chi connectivity index (χ3v) is 2.87. The van der Waals surface area contributed by atoms with Crippen molar-refractivity contribution in [3.8, 4) is 0 Å². The summed E-state index contributed by atoms with van der Waals surface area (Å²) in [7, 11) is 0. The van der Waals surface area contributed by atoms with Gasteiger partial charge in [0.1, 0.15) is 5.82 Å². The Morgan fingerprint density at radius 2 is 2.06 bits per heavy atom. The molecule has 6 heteroatoms. The van der Waals surface area contributed by atoms with E-state index in [1.54, 1.807) is 0 Å². The molecule has 6 nitrogen and oxygen atoms in total. The number of carbonyl (C=O) groups is 1. The molecule has 2 rings (SSSR count). The average molecular weight is 237 g/mol. The summed E-state index contributed by atoms with van der Waals surface area (Å²) in [5.74, 6) is 0.988. The highest BCUT2D eigenvalue weighted by Crippen LogP contribution is 2.09. The molecule has 0 aliphatic carbocycles. The third-order valence-electron chi connectivity index (χ3n) is 2.87. The standard InChI is InChI=1S/C11H19N5O/c1-8(2)9-12-10(14-13-9)11(17)15-16-6-4-3-5-7-16/h8H,3-7H2,1-2H3,(H,15,17)(H,12,13,14). The number of carbonyl (C=O) groups excluding carboxylic acids is 1. The minimum absolute atomic E-state index is 0.222. The van der Waals surface area contributed by atoms with Crippen molar-refractivity contribution in [1.82, 2.24) is 25.6 Å². The highest BCUT2D eigenvalue weighted by atomic mass is 16.2. The second-order valence-corrected chi connectivity index (χ2v) is 4.69. The number of nitrogens with one attached hydrogen (secondary N) is 2. The normalized spacial score (nSPS) is 17.4. The van der Waals surface area contributed by atoms with Crippen LogP contribution < -0.4 is 5.43 Å². The Balaban J connectivity index is 1.94. The summed E-state index contributed by atoms with van der Waals surface area (Å²) in [6, 6.07) is 0. The van der Waals surface area contributed by atoms with Crippen LogP contribution in [-0.4, -0.2) is 39.2 Å². The van der Waals surface area contributed by atoms with Crippen LogP contribution in [0.4, 0.5) is 0 Å². The van der Waals surface area contributed by atoms with Gasteiger partial charge in [-0.2, -0.15) is 0 Å². The van der Waals surface area contributed by atoms with Crippen LogP contribution in [0.25, 0.3) is 0 Å². The van der Waals surface area contributed by atoms with Crippen molar-refractivity contribution in [1.29, 1.82) is 0 Å². The van der Waals surface area contributed by atoms with Crippen molar-refractivity contribution >= 4 is 5.91 Å². The smallest absolute Gasteiger partial charge is 0.282 e. The molecule has 1 aromatic rings. The van der Waals surface area contributed by atoms with Crippen molar-refractivity contribution in [2.45, 2.75) is 39.0 Å². The van der Waals surface area contributed by atoms with Crippen LogP contribution >= 0.6 is 0 Å². The monoisotopic (exact) mass is 237 g/mol.